The van der Waals surface area contributed by atoms with Gasteiger partial charge in [0, 0.05) is 18.8 Å². The van der Waals surface area contributed by atoms with Crippen molar-refractivity contribution >= 4 is 0 Å². The second-order valence-electron chi connectivity index (χ2n) is 6.73. The summed E-state index contributed by atoms with van der Waals surface area (Å²) in [6.07, 6.45) is 8.47. The maximum absolute atomic E-state index is 13.0. The number of fused-ring (bicyclic) bond motifs is 1. The maximum atomic E-state index is 13.0. The Hall–Kier alpha value is -2.76. The molecule has 0 radical (unpaired) electrons. The highest BCUT2D eigenvalue weighted by Gasteiger charge is 2.32. The highest BCUT2D eigenvalue weighted by molar-refractivity contribution is 5.23. The maximum Gasteiger partial charge on any atom is 0.346 e. The second kappa shape index (κ2) is 7.23. The summed E-state index contributed by atoms with van der Waals surface area (Å²) in [4.78, 5) is 16.3. The Bertz CT molecular complexity index is 887. The highest BCUT2D eigenvalue weighted by Crippen LogP contribution is 2.33. The predicted molar refractivity (Wildman–Crippen MR) is 96.5 cm³/mol. The van der Waals surface area contributed by atoms with Gasteiger partial charge in [0.25, 0.3) is 0 Å². The highest BCUT2D eigenvalue weighted by atomic mass is 19.1. The van der Waals surface area contributed by atoms with Crippen molar-refractivity contribution in [3.8, 4) is 0 Å². The van der Waals surface area contributed by atoms with Crippen molar-refractivity contribution in [3.63, 3.8) is 0 Å². The Morgan fingerprint density at radius 1 is 1.00 bits per heavy atom. The van der Waals surface area contributed by atoms with Crippen LogP contribution in [0.25, 0.3) is 0 Å². The van der Waals surface area contributed by atoms with E-state index in [1.54, 1.807) is 33.8 Å². The topological polar surface area (TPSA) is 52.7 Å². The summed E-state index contributed by atoms with van der Waals surface area (Å²) in [5, 5.41) is 4.50. The van der Waals surface area contributed by atoms with Crippen LogP contribution in [0, 0.1) is 5.82 Å². The minimum absolute atomic E-state index is 0.00322. The molecule has 2 aromatic heterocycles. The average molecular weight is 352 g/mol. The molecule has 26 heavy (non-hydrogen) atoms. The number of aryl methyl sites for hydroxylation is 1. The minimum atomic E-state index is -0.246. The first-order valence-electron chi connectivity index (χ1n) is 9.04. The van der Waals surface area contributed by atoms with E-state index in [2.05, 4.69) is 10.1 Å². The first-order chi connectivity index (χ1) is 12.7. The van der Waals surface area contributed by atoms with E-state index in [0.717, 1.165) is 37.1 Å². The van der Waals surface area contributed by atoms with E-state index in [1.165, 1.54) is 18.6 Å². The predicted octanol–water partition coefficient (Wildman–Crippen LogP) is 3.53. The van der Waals surface area contributed by atoms with Crippen molar-refractivity contribution < 1.29 is 4.39 Å². The number of halogens is 1. The number of pyridine rings is 1. The summed E-state index contributed by atoms with van der Waals surface area (Å²) in [5.74, 6) is 0.626. The third-order valence-corrected chi connectivity index (χ3v) is 5.10. The molecule has 5 rings (SSSR count). The summed E-state index contributed by atoms with van der Waals surface area (Å²) in [6, 6.07) is 12.4. The lowest BCUT2D eigenvalue weighted by Gasteiger charge is -2.24. The fourth-order valence-electron chi connectivity index (χ4n) is 3.50. The molecule has 0 bridgehead atoms. The van der Waals surface area contributed by atoms with Gasteiger partial charge in [-0.1, -0.05) is 18.2 Å². The molecule has 0 N–H and O–H groups in total. The zero-order valence-electron chi connectivity index (χ0n) is 14.5. The zero-order chi connectivity index (χ0) is 17.9. The second-order valence-corrected chi connectivity index (χ2v) is 6.73. The van der Waals surface area contributed by atoms with Crippen LogP contribution in [-0.2, 0) is 6.42 Å². The molecule has 1 aromatic carbocycles. The van der Waals surface area contributed by atoms with Crippen molar-refractivity contribution in [1.82, 2.24) is 19.3 Å². The quantitative estimate of drug-likeness (QED) is 0.709. The molecule has 5 nitrogen and oxygen atoms in total. The summed E-state index contributed by atoms with van der Waals surface area (Å²) < 4.78 is 16.5. The molecule has 1 saturated carbocycles. The van der Waals surface area contributed by atoms with Crippen LogP contribution < -0.4 is 5.69 Å². The smallest absolute Gasteiger partial charge is 0.271 e. The molecule has 0 spiro atoms. The molecule has 3 heterocycles. The zero-order valence-corrected chi connectivity index (χ0v) is 14.5. The molecule has 1 unspecified atom stereocenters. The number of nitrogens with zero attached hydrogens (tertiary/aromatic N) is 4. The minimum Gasteiger partial charge on any atom is -0.271 e. The van der Waals surface area contributed by atoms with Crippen LogP contribution in [-0.4, -0.2) is 19.3 Å². The van der Waals surface area contributed by atoms with Crippen molar-refractivity contribution in [3.05, 3.63) is 82.5 Å². The Kier molecular flexibility index (Phi) is 4.65. The van der Waals surface area contributed by atoms with Gasteiger partial charge in [-0.15, -0.1) is 0 Å². The summed E-state index contributed by atoms with van der Waals surface area (Å²) >= 11 is 0. The molecule has 0 saturated heterocycles. The van der Waals surface area contributed by atoms with Gasteiger partial charge in [0.05, 0.1) is 12.1 Å². The first kappa shape index (κ1) is 16.7. The van der Waals surface area contributed by atoms with Gasteiger partial charge in [-0.2, -0.15) is 5.10 Å². The van der Waals surface area contributed by atoms with E-state index >= 15 is 0 Å². The van der Waals surface area contributed by atoms with Crippen LogP contribution in [0.1, 0.15) is 49.2 Å². The SMILES string of the molecule is O=c1n(C2CCC2)nc2n1C(c1ccc(F)cc1)CC2.c1ccncc1. The van der Waals surface area contributed by atoms with Crippen molar-refractivity contribution in [1.29, 1.82) is 0 Å². The number of hydrogen-bond donors (Lipinski definition) is 0. The summed E-state index contributed by atoms with van der Waals surface area (Å²) in [6.45, 7) is 0. The normalized spacial score (nSPS) is 18.6. The Labute approximate surface area is 151 Å². The van der Waals surface area contributed by atoms with E-state index in [-0.39, 0.29) is 23.6 Å². The molecule has 1 atom stereocenters. The first-order valence-corrected chi connectivity index (χ1v) is 9.04. The van der Waals surface area contributed by atoms with Crippen molar-refractivity contribution in [2.75, 3.05) is 0 Å². The fourth-order valence-corrected chi connectivity index (χ4v) is 3.50. The molecule has 6 heteroatoms. The van der Waals surface area contributed by atoms with Gasteiger partial charge >= 0.3 is 5.69 Å². The molecule has 134 valence electrons. The van der Waals surface area contributed by atoms with Crippen LogP contribution in [0.5, 0.6) is 0 Å². The molecule has 0 amide bonds. The number of aromatic nitrogens is 4. The van der Waals surface area contributed by atoms with Crippen molar-refractivity contribution in [2.45, 2.75) is 44.2 Å². The van der Waals surface area contributed by atoms with E-state index in [9.17, 15) is 9.18 Å². The Morgan fingerprint density at radius 3 is 2.27 bits per heavy atom. The number of benzene rings is 1. The largest absolute Gasteiger partial charge is 0.346 e. The summed E-state index contributed by atoms with van der Waals surface area (Å²) in [5.41, 5.74) is 0.983. The molecular formula is C20H21FN4O. The van der Waals surface area contributed by atoms with Gasteiger partial charge in [-0.05, 0) is 55.5 Å². The monoisotopic (exact) mass is 352 g/mol. The molecule has 3 aromatic rings. The Balaban J connectivity index is 0.000000240. The molecule has 2 aliphatic rings. The number of rotatable bonds is 2. The standard InChI is InChI=1S/C15H16FN3O.C5H5N/c16-11-6-4-10(5-7-11)13-8-9-14-17-19(12-2-1-3-12)15(20)18(13)14;1-2-4-6-5-3-1/h4-7,12-13H,1-3,8-9H2;1-5H. The van der Waals surface area contributed by atoms with Gasteiger partial charge < -0.3 is 0 Å². The van der Waals surface area contributed by atoms with E-state index in [0.29, 0.717) is 0 Å². The van der Waals surface area contributed by atoms with Gasteiger partial charge in [0.2, 0.25) is 0 Å². The van der Waals surface area contributed by atoms with Crippen LogP contribution in [0.15, 0.2) is 59.7 Å². The molecular weight excluding hydrogens is 331 g/mol. The fraction of sp³-hybridized carbons (Fsp3) is 0.350. The van der Waals surface area contributed by atoms with E-state index in [4.69, 9.17) is 0 Å². The van der Waals surface area contributed by atoms with Gasteiger partial charge in [0.15, 0.2) is 0 Å². The lowest BCUT2D eigenvalue weighted by molar-refractivity contribution is 0.277. The Morgan fingerprint density at radius 2 is 1.73 bits per heavy atom. The third kappa shape index (κ3) is 3.19. The van der Waals surface area contributed by atoms with Crippen molar-refractivity contribution in [2.24, 2.45) is 0 Å². The summed E-state index contributed by atoms with van der Waals surface area (Å²) in [7, 11) is 0. The van der Waals surface area contributed by atoms with E-state index in [1.807, 2.05) is 18.2 Å². The number of hydrogen-bond acceptors (Lipinski definition) is 3. The van der Waals surface area contributed by atoms with Crippen LogP contribution in [0.3, 0.4) is 0 Å². The lowest BCUT2D eigenvalue weighted by atomic mass is 9.93. The molecule has 1 fully saturated rings. The van der Waals surface area contributed by atoms with Gasteiger partial charge in [-0.25, -0.2) is 13.9 Å². The molecule has 1 aliphatic carbocycles. The van der Waals surface area contributed by atoms with Crippen LogP contribution in [0.4, 0.5) is 4.39 Å². The van der Waals surface area contributed by atoms with Gasteiger partial charge in [-0.3, -0.25) is 9.55 Å². The molecule has 1 aliphatic heterocycles. The van der Waals surface area contributed by atoms with Gasteiger partial charge in [0.1, 0.15) is 11.6 Å². The van der Waals surface area contributed by atoms with Crippen LogP contribution in [0.2, 0.25) is 0 Å². The lowest BCUT2D eigenvalue weighted by Crippen LogP contribution is -2.32. The van der Waals surface area contributed by atoms with E-state index < -0.39 is 0 Å². The third-order valence-electron chi connectivity index (χ3n) is 5.10. The average Bonchev–Trinajstić information content (AvgIpc) is 3.18. The van der Waals surface area contributed by atoms with Crippen LogP contribution >= 0.6 is 0 Å².